The van der Waals surface area contributed by atoms with Crippen LogP contribution < -0.4 is 5.32 Å². The molecule has 0 aliphatic carbocycles. The van der Waals surface area contributed by atoms with E-state index in [1.807, 2.05) is 33.9 Å². The zero-order valence-electron chi connectivity index (χ0n) is 11.2. The van der Waals surface area contributed by atoms with Crippen molar-refractivity contribution < 1.29 is 4.39 Å². The van der Waals surface area contributed by atoms with Crippen LogP contribution in [-0.2, 0) is 0 Å². The first-order valence-electron chi connectivity index (χ1n) is 6.02. The fourth-order valence-corrected chi connectivity index (χ4v) is 1.90. The highest BCUT2D eigenvalue weighted by Crippen LogP contribution is 2.21. The van der Waals surface area contributed by atoms with Crippen LogP contribution in [0.25, 0.3) is 5.69 Å². The lowest BCUT2D eigenvalue weighted by molar-refractivity contribution is 0.600. The highest BCUT2D eigenvalue weighted by atomic mass is 19.1. The fraction of sp³-hybridized carbons (Fsp3) is 0.357. The molecule has 0 bridgehead atoms. The van der Waals surface area contributed by atoms with Crippen molar-refractivity contribution in [3.8, 4) is 5.69 Å². The third-order valence-corrected chi connectivity index (χ3v) is 3.42. The molecule has 0 saturated heterocycles. The third kappa shape index (κ3) is 2.16. The van der Waals surface area contributed by atoms with Crippen molar-refractivity contribution >= 4 is 0 Å². The van der Waals surface area contributed by atoms with Crippen LogP contribution in [-0.4, -0.2) is 16.6 Å². The molecule has 1 aromatic heterocycles. The van der Waals surface area contributed by atoms with Gasteiger partial charge in [-0.1, -0.05) is 6.07 Å². The molecular weight excluding hydrogens is 229 g/mol. The Bertz CT molecular complexity index is 560. The van der Waals surface area contributed by atoms with E-state index < -0.39 is 0 Å². The predicted octanol–water partition coefficient (Wildman–Crippen LogP) is 2.91. The Hall–Kier alpha value is -1.68. The molecule has 3 nitrogen and oxygen atoms in total. The lowest BCUT2D eigenvalue weighted by Crippen LogP contribution is -2.13. The van der Waals surface area contributed by atoms with E-state index in [0.29, 0.717) is 5.69 Å². The molecule has 0 aliphatic heterocycles. The number of hydrogen-bond acceptors (Lipinski definition) is 2. The fourth-order valence-electron chi connectivity index (χ4n) is 1.90. The van der Waals surface area contributed by atoms with E-state index in [2.05, 4.69) is 10.3 Å². The van der Waals surface area contributed by atoms with E-state index in [9.17, 15) is 4.39 Å². The van der Waals surface area contributed by atoms with Crippen molar-refractivity contribution in [2.45, 2.75) is 26.8 Å². The van der Waals surface area contributed by atoms with Gasteiger partial charge in [-0.25, -0.2) is 9.37 Å². The van der Waals surface area contributed by atoms with Crippen LogP contribution in [0.5, 0.6) is 0 Å². The van der Waals surface area contributed by atoms with Crippen molar-refractivity contribution in [2.75, 3.05) is 7.05 Å². The summed E-state index contributed by atoms with van der Waals surface area (Å²) < 4.78 is 15.9. The number of aromatic nitrogens is 2. The molecule has 0 amide bonds. The summed E-state index contributed by atoms with van der Waals surface area (Å²) in [5.41, 5.74) is 3.36. The van der Waals surface area contributed by atoms with Gasteiger partial charge in [0.1, 0.15) is 5.82 Å². The molecule has 1 heterocycles. The summed E-state index contributed by atoms with van der Waals surface area (Å²) in [7, 11) is 1.86. The highest BCUT2D eigenvalue weighted by molar-refractivity contribution is 5.39. The van der Waals surface area contributed by atoms with Crippen LogP contribution in [0, 0.1) is 19.7 Å². The maximum atomic E-state index is 14.1. The lowest BCUT2D eigenvalue weighted by Gasteiger charge is -2.13. The van der Waals surface area contributed by atoms with Crippen molar-refractivity contribution in [3.05, 3.63) is 47.3 Å². The van der Waals surface area contributed by atoms with E-state index in [1.165, 1.54) is 0 Å². The van der Waals surface area contributed by atoms with Crippen molar-refractivity contribution in [1.29, 1.82) is 0 Å². The molecule has 0 radical (unpaired) electrons. The summed E-state index contributed by atoms with van der Waals surface area (Å²) in [6.07, 6.45) is 1.66. The summed E-state index contributed by atoms with van der Waals surface area (Å²) in [5, 5.41) is 3.10. The van der Waals surface area contributed by atoms with E-state index in [0.717, 1.165) is 17.0 Å². The Balaban J connectivity index is 2.45. The maximum absolute atomic E-state index is 14.1. The van der Waals surface area contributed by atoms with Gasteiger partial charge in [0.15, 0.2) is 0 Å². The number of aryl methyl sites for hydroxylation is 1. The number of imidazole rings is 1. The molecule has 1 aromatic carbocycles. The number of rotatable bonds is 3. The van der Waals surface area contributed by atoms with Crippen LogP contribution in [0.2, 0.25) is 0 Å². The molecule has 1 N–H and O–H groups in total. The lowest BCUT2D eigenvalue weighted by atomic mass is 10.1. The molecule has 0 fully saturated rings. The van der Waals surface area contributed by atoms with Gasteiger partial charge in [-0.3, -0.25) is 0 Å². The molecule has 2 rings (SSSR count). The molecule has 1 atom stereocenters. The number of nitrogens with zero attached hydrogens (tertiary/aromatic N) is 2. The first-order valence-corrected chi connectivity index (χ1v) is 6.02. The van der Waals surface area contributed by atoms with Crippen LogP contribution in [0.3, 0.4) is 0 Å². The van der Waals surface area contributed by atoms with Gasteiger partial charge in [-0.15, -0.1) is 0 Å². The van der Waals surface area contributed by atoms with E-state index >= 15 is 0 Å². The second-order valence-corrected chi connectivity index (χ2v) is 4.51. The van der Waals surface area contributed by atoms with Gasteiger partial charge >= 0.3 is 0 Å². The normalized spacial score (nSPS) is 12.7. The molecule has 96 valence electrons. The highest BCUT2D eigenvalue weighted by Gasteiger charge is 2.11. The van der Waals surface area contributed by atoms with Gasteiger partial charge in [-0.05, 0) is 45.5 Å². The summed E-state index contributed by atoms with van der Waals surface area (Å²) in [6.45, 7) is 5.86. The average Bonchev–Trinajstić information content (AvgIpc) is 2.69. The second-order valence-electron chi connectivity index (χ2n) is 4.51. The topological polar surface area (TPSA) is 29.9 Å². The number of hydrogen-bond donors (Lipinski definition) is 1. The van der Waals surface area contributed by atoms with Crippen molar-refractivity contribution in [1.82, 2.24) is 14.9 Å². The minimum atomic E-state index is -0.227. The van der Waals surface area contributed by atoms with Crippen molar-refractivity contribution in [2.24, 2.45) is 0 Å². The molecule has 2 aromatic rings. The molecular formula is C14H18FN3. The van der Waals surface area contributed by atoms with Crippen molar-refractivity contribution in [3.63, 3.8) is 0 Å². The molecule has 1 unspecified atom stereocenters. The van der Waals surface area contributed by atoms with E-state index in [1.54, 1.807) is 23.0 Å². The third-order valence-electron chi connectivity index (χ3n) is 3.42. The quantitative estimate of drug-likeness (QED) is 0.903. The first kappa shape index (κ1) is 12.8. The predicted molar refractivity (Wildman–Crippen MR) is 70.5 cm³/mol. The van der Waals surface area contributed by atoms with Gasteiger partial charge < -0.3 is 9.88 Å². The van der Waals surface area contributed by atoms with Crippen LogP contribution in [0.15, 0.2) is 24.5 Å². The second kappa shape index (κ2) is 4.90. The van der Waals surface area contributed by atoms with E-state index in [4.69, 9.17) is 0 Å². The summed E-state index contributed by atoms with van der Waals surface area (Å²) >= 11 is 0. The Labute approximate surface area is 107 Å². The minimum absolute atomic E-state index is 0.138. The molecule has 0 aliphatic rings. The standard InChI is InChI=1S/C14H18FN3/c1-9-11(3)18(8-17-9)14-6-5-12(7-13(14)15)10(2)16-4/h5-8,10,16H,1-4H3. The molecule has 0 spiro atoms. The summed E-state index contributed by atoms with van der Waals surface area (Å²) in [6, 6.07) is 5.45. The average molecular weight is 247 g/mol. The molecule has 0 saturated carbocycles. The Morgan fingerprint density at radius 1 is 1.33 bits per heavy atom. The zero-order chi connectivity index (χ0) is 13.3. The summed E-state index contributed by atoms with van der Waals surface area (Å²) in [5.74, 6) is -0.227. The van der Waals surface area contributed by atoms with Gasteiger partial charge in [0.05, 0.1) is 17.7 Å². The Kier molecular flexibility index (Phi) is 3.48. The molecule has 18 heavy (non-hydrogen) atoms. The SMILES string of the molecule is CNC(C)c1ccc(-n2cnc(C)c2C)c(F)c1. The van der Waals surface area contributed by atoms with Gasteiger partial charge in [-0.2, -0.15) is 0 Å². The largest absolute Gasteiger partial charge is 0.313 e. The molecule has 4 heteroatoms. The van der Waals surface area contributed by atoms with Gasteiger partial charge in [0.2, 0.25) is 0 Å². The van der Waals surface area contributed by atoms with Gasteiger partial charge in [0, 0.05) is 11.7 Å². The monoisotopic (exact) mass is 247 g/mol. The number of halogens is 1. The van der Waals surface area contributed by atoms with E-state index in [-0.39, 0.29) is 11.9 Å². The first-order chi connectivity index (χ1) is 8.54. The number of nitrogens with one attached hydrogen (secondary N) is 1. The maximum Gasteiger partial charge on any atom is 0.147 e. The van der Waals surface area contributed by atoms with Crippen LogP contribution >= 0.6 is 0 Å². The Morgan fingerprint density at radius 2 is 2.06 bits per heavy atom. The zero-order valence-corrected chi connectivity index (χ0v) is 11.2. The number of benzene rings is 1. The smallest absolute Gasteiger partial charge is 0.147 e. The van der Waals surface area contributed by atoms with Crippen LogP contribution in [0.4, 0.5) is 4.39 Å². The van der Waals surface area contributed by atoms with Crippen LogP contribution in [0.1, 0.15) is 29.9 Å². The summed E-state index contributed by atoms with van der Waals surface area (Å²) in [4.78, 5) is 4.19. The Morgan fingerprint density at radius 3 is 2.56 bits per heavy atom. The van der Waals surface area contributed by atoms with Gasteiger partial charge in [0.25, 0.3) is 0 Å². The minimum Gasteiger partial charge on any atom is -0.313 e.